The van der Waals surface area contributed by atoms with Crippen LogP contribution in [0.15, 0.2) is 35.8 Å². The van der Waals surface area contributed by atoms with Gasteiger partial charge in [-0.15, -0.1) is 10.2 Å². The highest BCUT2D eigenvalue weighted by atomic mass is 32.1. The smallest absolute Gasteiger partial charge is 0.315 e. The van der Waals surface area contributed by atoms with Gasteiger partial charge in [0, 0.05) is 19.6 Å². The number of carbonyl (C=O) groups is 1. The van der Waals surface area contributed by atoms with Gasteiger partial charge in [-0.25, -0.2) is 4.79 Å². The van der Waals surface area contributed by atoms with Gasteiger partial charge >= 0.3 is 6.03 Å². The minimum atomic E-state index is -0.117. The quantitative estimate of drug-likeness (QED) is 0.922. The van der Waals surface area contributed by atoms with Crippen molar-refractivity contribution in [3.8, 4) is 0 Å². The van der Waals surface area contributed by atoms with E-state index in [2.05, 4.69) is 39.6 Å². The van der Waals surface area contributed by atoms with Crippen molar-refractivity contribution < 1.29 is 4.79 Å². The zero-order valence-electron chi connectivity index (χ0n) is 11.8. The van der Waals surface area contributed by atoms with E-state index < -0.39 is 0 Å². The molecule has 21 heavy (non-hydrogen) atoms. The molecule has 6 nitrogen and oxygen atoms in total. The Bertz CT molecular complexity index is 589. The molecule has 0 aliphatic carbocycles. The molecule has 0 spiro atoms. The van der Waals surface area contributed by atoms with Gasteiger partial charge in [0.15, 0.2) is 0 Å². The Morgan fingerprint density at radius 1 is 1.33 bits per heavy atom. The van der Waals surface area contributed by atoms with Gasteiger partial charge in [-0.1, -0.05) is 41.7 Å². The van der Waals surface area contributed by atoms with Crippen LogP contribution in [-0.2, 0) is 0 Å². The molecule has 3 rings (SSSR count). The van der Waals surface area contributed by atoms with Gasteiger partial charge in [-0.2, -0.15) is 0 Å². The summed E-state index contributed by atoms with van der Waals surface area (Å²) in [5.41, 5.74) is 2.75. The molecule has 1 N–H and O–H groups in total. The van der Waals surface area contributed by atoms with Gasteiger partial charge in [-0.3, -0.25) is 5.32 Å². The molecule has 7 heteroatoms. The number of aromatic nitrogens is 2. The molecule has 2 aromatic rings. The lowest BCUT2D eigenvalue weighted by Gasteiger charge is -2.40. The summed E-state index contributed by atoms with van der Waals surface area (Å²) in [5, 5.41) is 11.0. The Labute approximate surface area is 127 Å². The standard InChI is InChI=1S/C14H17N5OS/c1-18-7-8-19(14(20)16-13-17-15-10-21-13)12(9-18)11-5-3-2-4-6-11/h2-6,10,12H,7-9H2,1H3,(H,16,17,20)/t12-/m0/s1. The number of nitrogens with zero attached hydrogens (tertiary/aromatic N) is 4. The number of nitrogens with one attached hydrogen (secondary N) is 1. The maximum atomic E-state index is 12.5. The number of carbonyl (C=O) groups excluding carboxylic acids is 1. The van der Waals surface area contributed by atoms with E-state index in [9.17, 15) is 4.79 Å². The van der Waals surface area contributed by atoms with Gasteiger partial charge in [0.1, 0.15) is 5.51 Å². The summed E-state index contributed by atoms with van der Waals surface area (Å²) in [5.74, 6) is 0. The number of piperazine rings is 1. The third-order valence-electron chi connectivity index (χ3n) is 3.60. The predicted molar refractivity (Wildman–Crippen MR) is 82.3 cm³/mol. The van der Waals surface area contributed by atoms with Crippen LogP contribution >= 0.6 is 11.3 Å². The van der Waals surface area contributed by atoms with Crippen LogP contribution in [0.5, 0.6) is 0 Å². The zero-order valence-corrected chi connectivity index (χ0v) is 12.6. The average Bonchev–Trinajstić information content (AvgIpc) is 3.01. The number of urea groups is 1. The number of anilines is 1. The van der Waals surface area contributed by atoms with Crippen molar-refractivity contribution >= 4 is 22.5 Å². The van der Waals surface area contributed by atoms with Crippen molar-refractivity contribution in [1.82, 2.24) is 20.0 Å². The van der Waals surface area contributed by atoms with Crippen molar-refractivity contribution in [1.29, 1.82) is 0 Å². The second-order valence-corrected chi connectivity index (χ2v) is 5.89. The fourth-order valence-electron chi connectivity index (χ4n) is 2.51. The van der Waals surface area contributed by atoms with E-state index >= 15 is 0 Å². The van der Waals surface area contributed by atoms with Crippen molar-refractivity contribution in [2.75, 3.05) is 32.0 Å². The Hall–Kier alpha value is -1.99. The summed E-state index contributed by atoms with van der Waals surface area (Å²) in [6, 6.07) is 10.1. The average molecular weight is 303 g/mol. The van der Waals surface area contributed by atoms with E-state index in [0.29, 0.717) is 11.7 Å². The Morgan fingerprint density at radius 3 is 2.86 bits per heavy atom. The highest BCUT2D eigenvalue weighted by molar-refractivity contribution is 7.13. The maximum Gasteiger partial charge on any atom is 0.324 e. The third-order valence-corrected chi connectivity index (χ3v) is 4.21. The van der Waals surface area contributed by atoms with Gasteiger partial charge in [0.25, 0.3) is 0 Å². The SMILES string of the molecule is CN1CCN(C(=O)Nc2nncs2)[C@H](c2ccccc2)C1. The number of likely N-dealkylation sites (N-methyl/N-ethyl adjacent to an activating group) is 1. The molecule has 0 saturated carbocycles. The summed E-state index contributed by atoms with van der Waals surface area (Å²) < 4.78 is 0. The predicted octanol–water partition coefficient (Wildman–Crippen LogP) is 2.06. The zero-order chi connectivity index (χ0) is 14.7. The van der Waals surface area contributed by atoms with Crippen molar-refractivity contribution in [2.24, 2.45) is 0 Å². The highest BCUT2D eigenvalue weighted by Gasteiger charge is 2.30. The van der Waals surface area contributed by atoms with Gasteiger partial charge in [-0.05, 0) is 12.6 Å². The molecule has 110 valence electrons. The Balaban J connectivity index is 1.79. The molecule has 1 aliphatic heterocycles. The fourth-order valence-corrected chi connectivity index (χ4v) is 2.95. The van der Waals surface area contributed by atoms with Crippen LogP contribution in [0.3, 0.4) is 0 Å². The summed E-state index contributed by atoms with van der Waals surface area (Å²) in [6.45, 7) is 2.39. The highest BCUT2D eigenvalue weighted by Crippen LogP contribution is 2.25. The molecule has 1 fully saturated rings. The van der Waals surface area contributed by atoms with E-state index in [1.807, 2.05) is 23.1 Å². The molecule has 0 bridgehead atoms. The normalized spacial score (nSPS) is 19.5. The molecule has 2 amide bonds. The van der Waals surface area contributed by atoms with E-state index in [1.165, 1.54) is 11.3 Å². The second kappa shape index (κ2) is 6.19. The van der Waals surface area contributed by atoms with Crippen LogP contribution in [0.1, 0.15) is 11.6 Å². The minimum Gasteiger partial charge on any atom is -0.315 e. The van der Waals surface area contributed by atoms with E-state index in [-0.39, 0.29) is 12.1 Å². The summed E-state index contributed by atoms with van der Waals surface area (Å²) in [4.78, 5) is 16.6. The molecular formula is C14H17N5OS. The molecule has 1 saturated heterocycles. The number of amides is 2. The van der Waals surface area contributed by atoms with Gasteiger partial charge in [0.2, 0.25) is 5.13 Å². The first-order chi connectivity index (χ1) is 10.2. The first-order valence-electron chi connectivity index (χ1n) is 6.81. The number of hydrogen-bond donors (Lipinski definition) is 1. The lowest BCUT2D eigenvalue weighted by molar-refractivity contribution is 0.116. The third kappa shape index (κ3) is 3.20. The fraction of sp³-hybridized carbons (Fsp3) is 0.357. The molecule has 1 aromatic heterocycles. The first-order valence-corrected chi connectivity index (χ1v) is 7.69. The summed E-state index contributed by atoms with van der Waals surface area (Å²) >= 11 is 1.32. The lowest BCUT2D eigenvalue weighted by Crippen LogP contribution is -2.50. The lowest BCUT2D eigenvalue weighted by atomic mass is 10.0. The number of rotatable bonds is 2. The topological polar surface area (TPSA) is 61.4 Å². The van der Waals surface area contributed by atoms with Crippen LogP contribution in [0.4, 0.5) is 9.93 Å². The van der Waals surface area contributed by atoms with E-state index in [1.54, 1.807) is 5.51 Å². The molecular weight excluding hydrogens is 286 g/mol. The first kappa shape index (κ1) is 14.0. The Kier molecular flexibility index (Phi) is 4.12. The van der Waals surface area contributed by atoms with Gasteiger partial charge in [0.05, 0.1) is 6.04 Å². The molecule has 2 heterocycles. The molecule has 0 radical (unpaired) electrons. The van der Waals surface area contributed by atoms with E-state index in [4.69, 9.17) is 0 Å². The molecule has 0 unspecified atom stereocenters. The van der Waals surface area contributed by atoms with Crippen molar-refractivity contribution in [2.45, 2.75) is 6.04 Å². The van der Waals surface area contributed by atoms with Crippen LogP contribution in [0.25, 0.3) is 0 Å². The van der Waals surface area contributed by atoms with Crippen LogP contribution in [0, 0.1) is 0 Å². The van der Waals surface area contributed by atoms with Gasteiger partial charge < -0.3 is 9.80 Å². The van der Waals surface area contributed by atoms with E-state index in [0.717, 1.165) is 18.7 Å². The summed E-state index contributed by atoms with van der Waals surface area (Å²) in [6.07, 6.45) is 0. The minimum absolute atomic E-state index is 0.0536. The van der Waals surface area contributed by atoms with Crippen molar-refractivity contribution in [3.63, 3.8) is 0 Å². The molecule has 1 atom stereocenters. The van der Waals surface area contributed by atoms with Crippen molar-refractivity contribution in [3.05, 3.63) is 41.4 Å². The second-order valence-electron chi connectivity index (χ2n) is 5.06. The van der Waals surface area contributed by atoms with Crippen LogP contribution in [-0.4, -0.2) is 52.7 Å². The Morgan fingerprint density at radius 2 is 2.14 bits per heavy atom. The van der Waals surface area contributed by atoms with Crippen LogP contribution in [0.2, 0.25) is 0 Å². The van der Waals surface area contributed by atoms with Crippen LogP contribution < -0.4 is 5.32 Å². The molecule has 1 aliphatic rings. The summed E-state index contributed by atoms with van der Waals surface area (Å²) in [7, 11) is 2.08. The largest absolute Gasteiger partial charge is 0.324 e. The molecule has 1 aromatic carbocycles. The number of benzene rings is 1. The number of hydrogen-bond acceptors (Lipinski definition) is 5. The maximum absolute atomic E-state index is 12.5. The monoisotopic (exact) mass is 303 g/mol.